The summed E-state index contributed by atoms with van der Waals surface area (Å²) in [5, 5.41) is 3.39. The van der Waals surface area contributed by atoms with Crippen LogP contribution < -0.4 is 10.2 Å². The molecule has 4 nitrogen and oxygen atoms in total. The Morgan fingerprint density at radius 2 is 1.88 bits per heavy atom. The van der Waals surface area contributed by atoms with E-state index in [1.54, 1.807) is 12.1 Å². The summed E-state index contributed by atoms with van der Waals surface area (Å²) in [5.41, 5.74) is 2.08. The highest BCUT2D eigenvalue weighted by atomic mass is 35.5. The normalized spacial score (nSPS) is 15.2. The van der Waals surface area contributed by atoms with E-state index in [0.29, 0.717) is 0 Å². The van der Waals surface area contributed by atoms with E-state index in [0.717, 1.165) is 42.5 Å². The summed E-state index contributed by atoms with van der Waals surface area (Å²) < 4.78 is 13.8. The maximum Gasteiger partial charge on any atom is 0.238 e. The van der Waals surface area contributed by atoms with Gasteiger partial charge in [0, 0.05) is 26.2 Å². The van der Waals surface area contributed by atoms with Gasteiger partial charge in [-0.25, -0.2) is 4.39 Å². The molecule has 2 aromatic rings. The van der Waals surface area contributed by atoms with E-state index in [4.69, 9.17) is 11.6 Å². The first kappa shape index (κ1) is 17.7. The molecule has 132 valence electrons. The van der Waals surface area contributed by atoms with Crippen molar-refractivity contribution >= 4 is 28.9 Å². The van der Waals surface area contributed by atoms with Crippen LogP contribution in [0.25, 0.3) is 0 Å². The van der Waals surface area contributed by atoms with Crippen molar-refractivity contribution < 1.29 is 9.18 Å². The minimum atomic E-state index is -0.406. The topological polar surface area (TPSA) is 35.6 Å². The summed E-state index contributed by atoms with van der Waals surface area (Å²) in [6.45, 7) is 5.19. The summed E-state index contributed by atoms with van der Waals surface area (Å²) in [6, 6.07) is 12.6. The zero-order valence-corrected chi connectivity index (χ0v) is 14.9. The van der Waals surface area contributed by atoms with Crippen molar-refractivity contribution in [2.75, 3.05) is 42.9 Å². The van der Waals surface area contributed by atoms with Crippen molar-refractivity contribution in [2.45, 2.75) is 6.92 Å². The van der Waals surface area contributed by atoms with Crippen LogP contribution in [0, 0.1) is 12.7 Å². The van der Waals surface area contributed by atoms with Crippen LogP contribution in [0.3, 0.4) is 0 Å². The van der Waals surface area contributed by atoms with Crippen molar-refractivity contribution in [3.8, 4) is 0 Å². The van der Waals surface area contributed by atoms with Crippen LogP contribution in [-0.4, -0.2) is 43.5 Å². The highest BCUT2D eigenvalue weighted by molar-refractivity contribution is 6.33. The number of para-hydroxylation sites is 1. The molecule has 1 fully saturated rings. The van der Waals surface area contributed by atoms with E-state index >= 15 is 0 Å². The summed E-state index contributed by atoms with van der Waals surface area (Å²) in [4.78, 5) is 16.5. The number of hydrogen-bond acceptors (Lipinski definition) is 3. The lowest BCUT2D eigenvalue weighted by molar-refractivity contribution is -0.117. The number of halogens is 2. The van der Waals surface area contributed by atoms with Crippen molar-refractivity contribution in [1.29, 1.82) is 0 Å². The van der Waals surface area contributed by atoms with Gasteiger partial charge in [0.25, 0.3) is 0 Å². The average molecular weight is 362 g/mol. The second-order valence-electron chi connectivity index (χ2n) is 6.25. The molecular formula is C19H21ClFN3O. The molecule has 25 heavy (non-hydrogen) atoms. The molecule has 3 rings (SSSR count). The van der Waals surface area contributed by atoms with Crippen molar-refractivity contribution in [1.82, 2.24) is 4.90 Å². The maximum absolute atomic E-state index is 13.8. The molecule has 1 saturated heterocycles. The number of rotatable bonds is 4. The molecule has 0 radical (unpaired) electrons. The third-order valence-corrected chi connectivity index (χ3v) is 4.65. The minimum Gasteiger partial charge on any atom is -0.368 e. The van der Waals surface area contributed by atoms with Crippen LogP contribution in [0.2, 0.25) is 5.02 Å². The molecule has 1 aliphatic rings. The number of piperazine rings is 1. The predicted molar refractivity (Wildman–Crippen MR) is 99.9 cm³/mol. The predicted octanol–water partition coefficient (Wildman–Crippen LogP) is 3.55. The molecule has 0 unspecified atom stereocenters. The molecule has 0 bridgehead atoms. The van der Waals surface area contributed by atoms with Crippen LogP contribution in [0.4, 0.5) is 15.8 Å². The first-order valence-electron chi connectivity index (χ1n) is 8.31. The van der Waals surface area contributed by atoms with Gasteiger partial charge in [-0.3, -0.25) is 9.69 Å². The van der Waals surface area contributed by atoms with Gasteiger partial charge >= 0.3 is 0 Å². The monoisotopic (exact) mass is 361 g/mol. The summed E-state index contributed by atoms with van der Waals surface area (Å²) in [7, 11) is 0. The Bertz CT molecular complexity index is 760. The van der Waals surface area contributed by atoms with Crippen molar-refractivity contribution in [3.63, 3.8) is 0 Å². The van der Waals surface area contributed by atoms with Crippen LogP contribution >= 0.6 is 11.6 Å². The van der Waals surface area contributed by atoms with Crippen LogP contribution in [0.5, 0.6) is 0 Å². The van der Waals surface area contributed by atoms with E-state index < -0.39 is 5.82 Å². The van der Waals surface area contributed by atoms with Gasteiger partial charge in [0.05, 0.1) is 22.9 Å². The highest BCUT2D eigenvalue weighted by Gasteiger charge is 2.20. The highest BCUT2D eigenvalue weighted by Crippen LogP contribution is 2.26. The fourth-order valence-electron chi connectivity index (χ4n) is 2.97. The Morgan fingerprint density at radius 1 is 1.16 bits per heavy atom. The van der Waals surface area contributed by atoms with Gasteiger partial charge in [0.15, 0.2) is 0 Å². The second kappa shape index (κ2) is 7.85. The Hall–Kier alpha value is -2.11. The number of hydrogen-bond donors (Lipinski definition) is 1. The Kier molecular flexibility index (Phi) is 5.56. The van der Waals surface area contributed by atoms with Gasteiger partial charge in [-0.15, -0.1) is 0 Å². The first-order valence-corrected chi connectivity index (χ1v) is 8.68. The van der Waals surface area contributed by atoms with Gasteiger partial charge < -0.3 is 10.2 Å². The molecule has 0 aliphatic carbocycles. The number of nitrogens with one attached hydrogen (secondary N) is 1. The molecule has 1 heterocycles. The maximum atomic E-state index is 13.8. The third kappa shape index (κ3) is 4.50. The van der Waals surface area contributed by atoms with Crippen molar-refractivity contribution in [3.05, 3.63) is 58.9 Å². The quantitative estimate of drug-likeness (QED) is 0.904. The molecule has 2 aromatic carbocycles. The number of aryl methyl sites for hydroxylation is 1. The molecular weight excluding hydrogens is 341 g/mol. The summed E-state index contributed by atoms with van der Waals surface area (Å²) in [5.74, 6) is -0.606. The number of benzene rings is 2. The summed E-state index contributed by atoms with van der Waals surface area (Å²) >= 11 is 6.24. The minimum absolute atomic E-state index is 0.200. The van der Waals surface area contributed by atoms with E-state index in [1.165, 1.54) is 6.07 Å². The molecule has 0 atom stereocenters. The average Bonchev–Trinajstić information content (AvgIpc) is 2.59. The molecule has 0 saturated carbocycles. The van der Waals surface area contributed by atoms with E-state index in [9.17, 15) is 9.18 Å². The number of nitrogens with zero attached hydrogens (tertiary/aromatic N) is 2. The van der Waals surface area contributed by atoms with Crippen LogP contribution in [0.15, 0.2) is 42.5 Å². The second-order valence-corrected chi connectivity index (χ2v) is 6.65. The SMILES string of the molecule is Cc1ccc(NC(=O)CN2CCN(c3ccccc3Cl)CC2)c(F)c1. The Labute approximate surface area is 152 Å². The molecule has 6 heteroatoms. The number of carbonyl (C=O) groups excluding carboxylic acids is 1. The van der Waals surface area contributed by atoms with Crippen molar-refractivity contribution in [2.24, 2.45) is 0 Å². The van der Waals surface area contributed by atoms with E-state index in [-0.39, 0.29) is 18.1 Å². The molecule has 1 N–H and O–H groups in total. The molecule has 0 aromatic heterocycles. The Balaban J connectivity index is 1.52. The molecule has 0 spiro atoms. The molecule has 1 aliphatic heterocycles. The smallest absolute Gasteiger partial charge is 0.238 e. The molecule has 1 amide bonds. The standard InChI is InChI=1S/C19H21ClFN3O/c1-14-6-7-17(16(21)12-14)22-19(25)13-23-8-10-24(11-9-23)18-5-3-2-4-15(18)20/h2-7,12H,8-11,13H2,1H3,(H,22,25). The lowest BCUT2D eigenvalue weighted by Gasteiger charge is -2.36. The van der Waals surface area contributed by atoms with Crippen LogP contribution in [-0.2, 0) is 4.79 Å². The van der Waals surface area contributed by atoms with Gasteiger partial charge in [-0.1, -0.05) is 29.8 Å². The fraction of sp³-hybridized carbons (Fsp3) is 0.316. The zero-order valence-electron chi connectivity index (χ0n) is 14.1. The van der Waals surface area contributed by atoms with Gasteiger partial charge in [0.1, 0.15) is 5.82 Å². The number of amides is 1. The lowest BCUT2D eigenvalue weighted by atomic mass is 10.2. The Morgan fingerprint density at radius 3 is 2.56 bits per heavy atom. The third-order valence-electron chi connectivity index (χ3n) is 4.33. The van der Waals surface area contributed by atoms with E-state index in [1.807, 2.05) is 31.2 Å². The fourth-order valence-corrected chi connectivity index (χ4v) is 3.22. The van der Waals surface area contributed by atoms with Gasteiger partial charge in [-0.2, -0.15) is 0 Å². The first-order chi connectivity index (χ1) is 12.0. The van der Waals surface area contributed by atoms with E-state index in [2.05, 4.69) is 15.1 Å². The number of carbonyl (C=O) groups is 1. The number of anilines is 2. The summed E-state index contributed by atoms with van der Waals surface area (Å²) in [6.07, 6.45) is 0. The largest absolute Gasteiger partial charge is 0.368 e. The van der Waals surface area contributed by atoms with Gasteiger partial charge in [0.2, 0.25) is 5.91 Å². The van der Waals surface area contributed by atoms with Gasteiger partial charge in [-0.05, 0) is 36.8 Å². The lowest BCUT2D eigenvalue weighted by Crippen LogP contribution is -2.48. The zero-order chi connectivity index (χ0) is 17.8. The van der Waals surface area contributed by atoms with Crippen LogP contribution in [0.1, 0.15) is 5.56 Å².